The highest BCUT2D eigenvalue weighted by Crippen LogP contribution is 2.34. The molecule has 2 rings (SSSR count). The highest BCUT2D eigenvalue weighted by Gasteiger charge is 2.44. The Morgan fingerprint density at radius 1 is 1.56 bits per heavy atom. The van der Waals surface area contributed by atoms with Crippen LogP contribution in [-0.4, -0.2) is 36.5 Å². The molecule has 3 heteroatoms. The summed E-state index contributed by atoms with van der Waals surface area (Å²) in [6, 6.07) is 0.435. The van der Waals surface area contributed by atoms with Gasteiger partial charge in [-0.15, -0.1) is 12.3 Å². The van der Waals surface area contributed by atoms with Gasteiger partial charge in [-0.1, -0.05) is 6.92 Å². The Morgan fingerprint density at radius 2 is 2.38 bits per heavy atom. The van der Waals surface area contributed by atoms with Gasteiger partial charge in [0, 0.05) is 38.5 Å². The van der Waals surface area contributed by atoms with Crippen LogP contribution < -0.4 is 5.32 Å². The standard InChI is InChI=1S/C13H20N2O/c1-3-5-6-13(16)15-9-10-7-14-8-11(10)12(15)4-2/h1,10-12,14H,4-9H2,2H3. The molecule has 0 bridgehead atoms. The average Bonchev–Trinajstić information content (AvgIpc) is 2.84. The quantitative estimate of drug-likeness (QED) is 0.715. The molecule has 0 aromatic carbocycles. The number of hydrogen-bond acceptors (Lipinski definition) is 2. The van der Waals surface area contributed by atoms with Gasteiger partial charge in [0.05, 0.1) is 0 Å². The zero-order valence-corrected chi connectivity index (χ0v) is 9.91. The number of rotatable bonds is 3. The van der Waals surface area contributed by atoms with Crippen molar-refractivity contribution in [3.63, 3.8) is 0 Å². The normalized spacial score (nSPS) is 32.5. The predicted molar refractivity (Wildman–Crippen MR) is 63.7 cm³/mol. The van der Waals surface area contributed by atoms with Crippen molar-refractivity contribution < 1.29 is 4.79 Å². The van der Waals surface area contributed by atoms with E-state index in [-0.39, 0.29) is 5.91 Å². The Hall–Kier alpha value is -1.01. The Bertz CT molecular complexity index is 308. The third-order valence-electron chi connectivity index (χ3n) is 3.94. The van der Waals surface area contributed by atoms with Crippen LogP contribution in [-0.2, 0) is 4.79 Å². The molecule has 1 N–H and O–H groups in total. The van der Waals surface area contributed by atoms with Crippen molar-refractivity contribution in [2.24, 2.45) is 11.8 Å². The summed E-state index contributed by atoms with van der Waals surface area (Å²) in [4.78, 5) is 14.1. The van der Waals surface area contributed by atoms with Crippen LogP contribution in [0.3, 0.4) is 0 Å². The first-order valence-electron chi connectivity index (χ1n) is 6.21. The Morgan fingerprint density at radius 3 is 3.06 bits per heavy atom. The van der Waals surface area contributed by atoms with E-state index in [2.05, 4.69) is 23.1 Å². The number of likely N-dealkylation sites (tertiary alicyclic amines) is 1. The van der Waals surface area contributed by atoms with Gasteiger partial charge < -0.3 is 10.2 Å². The lowest BCUT2D eigenvalue weighted by Crippen LogP contribution is -2.39. The maximum absolute atomic E-state index is 12.0. The van der Waals surface area contributed by atoms with E-state index in [1.807, 2.05) is 0 Å². The molecule has 0 radical (unpaired) electrons. The molecular formula is C13H20N2O. The number of carbonyl (C=O) groups excluding carboxylic acids is 1. The molecule has 0 aliphatic carbocycles. The molecule has 3 atom stereocenters. The van der Waals surface area contributed by atoms with Crippen LogP contribution in [0, 0.1) is 24.2 Å². The van der Waals surface area contributed by atoms with Crippen molar-refractivity contribution in [3.05, 3.63) is 0 Å². The van der Waals surface area contributed by atoms with Crippen LogP contribution in [0.4, 0.5) is 0 Å². The van der Waals surface area contributed by atoms with E-state index in [9.17, 15) is 4.79 Å². The van der Waals surface area contributed by atoms with Crippen LogP contribution in [0.25, 0.3) is 0 Å². The molecule has 0 aromatic heterocycles. The third-order valence-corrected chi connectivity index (χ3v) is 3.94. The minimum absolute atomic E-state index is 0.249. The van der Waals surface area contributed by atoms with Crippen molar-refractivity contribution in [2.45, 2.75) is 32.2 Å². The second-order valence-electron chi connectivity index (χ2n) is 4.81. The number of terminal acetylenes is 1. The second kappa shape index (κ2) is 4.88. The maximum Gasteiger partial charge on any atom is 0.223 e. The van der Waals surface area contributed by atoms with Crippen LogP contribution in [0.5, 0.6) is 0 Å². The smallest absolute Gasteiger partial charge is 0.223 e. The van der Waals surface area contributed by atoms with Gasteiger partial charge in [0.25, 0.3) is 0 Å². The van der Waals surface area contributed by atoms with Crippen molar-refractivity contribution in [3.8, 4) is 12.3 Å². The first-order valence-corrected chi connectivity index (χ1v) is 6.21. The first-order chi connectivity index (χ1) is 7.77. The molecule has 88 valence electrons. The molecule has 2 heterocycles. The zero-order valence-electron chi connectivity index (χ0n) is 9.91. The summed E-state index contributed by atoms with van der Waals surface area (Å²) in [5.74, 6) is 4.13. The number of nitrogens with zero attached hydrogens (tertiary/aromatic N) is 1. The Kier molecular flexibility index (Phi) is 3.50. The topological polar surface area (TPSA) is 32.3 Å². The van der Waals surface area contributed by atoms with Crippen LogP contribution in [0.1, 0.15) is 26.2 Å². The molecule has 2 aliphatic rings. The van der Waals surface area contributed by atoms with Gasteiger partial charge in [-0.25, -0.2) is 0 Å². The van der Waals surface area contributed by atoms with Crippen molar-refractivity contribution in [1.29, 1.82) is 0 Å². The molecule has 16 heavy (non-hydrogen) atoms. The van der Waals surface area contributed by atoms with E-state index in [0.717, 1.165) is 26.1 Å². The summed E-state index contributed by atoms with van der Waals surface area (Å²) >= 11 is 0. The first kappa shape index (κ1) is 11.5. The van der Waals surface area contributed by atoms with Crippen LogP contribution in [0.15, 0.2) is 0 Å². The maximum atomic E-state index is 12.0. The largest absolute Gasteiger partial charge is 0.339 e. The fourth-order valence-corrected chi connectivity index (χ4v) is 3.16. The molecule has 0 saturated carbocycles. The molecule has 1 amide bonds. The van der Waals surface area contributed by atoms with Crippen molar-refractivity contribution in [1.82, 2.24) is 10.2 Å². The van der Waals surface area contributed by atoms with Gasteiger partial charge in [0.1, 0.15) is 0 Å². The molecule has 2 aliphatic heterocycles. The van der Waals surface area contributed by atoms with Gasteiger partial charge in [-0.2, -0.15) is 0 Å². The van der Waals surface area contributed by atoms with Gasteiger partial charge in [-0.3, -0.25) is 4.79 Å². The summed E-state index contributed by atoms with van der Waals surface area (Å²) in [5.41, 5.74) is 0. The molecule has 3 unspecified atom stereocenters. The van der Waals surface area contributed by atoms with E-state index in [4.69, 9.17) is 6.42 Å². The molecule has 3 nitrogen and oxygen atoms in total. The molecule has 0 aromatic rings. The Balaban J connectivity index is 2.00. The van der Waals surface area contributed by atoms with Gasteiger partial charge in [0.15, 0.2) is 0 Å². The molecule has 2 saturated heterocycles. The summed E-state index contributed by atoms with van der Waals surface area (Å²) < 4.78 is 0. The summed E-state index contributed by atoms with van der Waals surface area (Å²) in [5, 5.41) is 3.42. The lowest BCUT2D eigenvalue weighted by atomic mass is 9.93. The van der Waals surface area contributed by atoms with Gasteiger partial charge >= 0.3 is 0 Å². The van der Waals surface area contributed by atoms with Gasteiger partial charge in [0.2, 0.25) is 5.91 Å². The lowest BCUT2D eigenvalue weighted by molar-refractivity contribution is -0.132. The van der Waals surface area contributed by atoms with Crippen molar-refractivity contribution >= 4 is 5.91 Å². The summed E-state index contributed by atoms with van der Waals surface area (Å²) in [6.45, 7) is 5.24. The zero-order chi connectivity index (χ0) is 11.5. The van der Waals surface area contributed by atoms with E-state index < -0.39 is 0 Å². The van der Waals surface area contributed by atoms with E-state index in [0.29, 0.717) is 30.7 Å². The second-order valence-corrected chi connectivity index (χ2v) is 4.81. The molecule has 0 spiro atoms. The third kappa shape index (κ3) is 1.94. The van der Waals surface area contributed by atoms with Gasteiger partial charge in [-0.05, 0) is 18.3 Å². The minimum atomic E-state index is 0.249. The SMILES string of the molecule is C#CCCC(=O)N1CC2CNCC2C1CC. The number of nitrogens with one attached hydrogen (secondary N) is 1. The fraction of sp³-hybridized carbons (Fsp3) is 0.769. The summed E-state index contributed by atoms with van der Waals surface area (Å²) in [6.07, 6.45) is 7.35. The van der Waals surface area contributed by atoms with E-state index in [1.165, 1.54) is 0 Å². The molecular weight excluding hydrogens is 200 g/mol. The minimum Gasteiger partial charge on any atom is -0.339 e. The highest BCUT2D eigenvalue weighted by molar-refractivity contribution is 5.77. The van der Waals surface area contributed by atoms with Crippen molar-refractivity contribution in [2.75, 3.05) is 19.6 Å². The van der Waals surface area contributed by atoms with E-state index in [1.54, 1.807) is 0 Å². The number of carbonyl (C=O) groups is 1. The number of amides is 1. The van der Waals surface area contributed by atoms with E-state index >= 15 is 0 Å². The number of hydrogen-bond donors (Lipinski definition) is 1. The lowest BCUT2D eigenvalue weighted by Gasteiger charge is -2.26. The molecule has 2 fully saturated rings. The Labute approximate surface area is 97.6 Å². The average molecular weight is 220 g/mol. The monoisotopic (exact) mass is 220 g/mol. The summed E-state index contributed by atoms with van der Waals surface area (Å²) in [7, 11) is 0. The fourth-order valence-electron chi connectivity index (χ4n) is 3.16. The number of fused-ring (bicyclic) bond motifs is 1. The predicted octanol–water partition coefficient (Wildman–Crippen LogP) is 0.856. The van der Waals surface area contributed by atoms with Crippen LogP contribution in [0.2, 0.25) is 0 Å². The van der Waals surface area contributed by atoms with Crippen LogP contribution >= 0.6 is 0 Å². The highest BCUT2D eigenvalue weighted by atomic mass is 16.2.